The predicted octanol–water partition coefficient (Wildman–Crippen LogP) is 2.10. The molecule has 2 rings (SSSR count). The monoisotopic (exact) mass is 308 g/mol. The van der Waals surface area contributed by atoms with E-state index in [1.54, 1.807) is 11.6 Å². The van der Waals surface area contributed by atoms with E-state index in [2.05, 4.69) is 34.5 Å². The van der Waals surface area contributed by atoms with Crippen molar-refractivity contribution in [3.8, 4) is 0 Å². The highest BCUT2D eigenvalue weighted by Gasteiger charge is 2.20. The van der Waals surface area contributed by atoms with Crippen LogP contribution in [0, 0.1) is 12.8 Å². The lowest BCUT2D eigenvalue weighted by Crippen LogP contribution is -2.18. The van der Waals surface area contributed by atoms with Crippen molar-refractivity contribution in [3.05, 3.63) is 16.4 Å². The number of aryl methyl sites for hydroxylation is 2. The fraction of sp³-hybridized carbons (Fsp3) is 0.538. The number of nitrogens with one attached hydrogen (secondary N) is 1. The van der Waals surface area contributed by atoms with Crippen LogP contribution in [0.4, 0.5) is 10.8 Å². The number of carbonyl (C=O) groups is 1. The van der Waals surface area contributed by atoms with Crippen LogP contribution in [0.5, 0.6) is 0 Å². The maximum atomic E-state index is 12.3. The topological polar surface area (TPSA) is 98.7 Å². The molecule has 8 heteroatoms. The molecule has 3 N–H and O–H groups in total. The van der Waals surface area contributed by atoms with Gasteiger partial charge in [0.1, 0.15) is 10.7 Å². The van der Waals surface area contributed by atoms with Crippen LogP contribution in [0.25, 0.3) is 0 Å². The molecule has 0 aliphatic rings. The minimum atomic E-state index is -0.304. The summed E-state index contributed by atoms with van der Waals surface area (Å²) in [5, 5.41) is 16.4. The molecular formula is C13H20N6OS. The molecule has 0 aliphatic carbocycles. The summed E-state index contributed by atoms with van der Waals surface area (Å²) in [7, 11) is 0. The first kappa shape index (κ1) is 15.4. The lowest BCUT2D eigenvalue weighted by atomic mass is 10.1. The molecule has 0 fully saturated rings. The summed E-state index contributed by atoms with van der Waals surface area (Å²) < 4.78 is 1.59. The number of hydrogen-bond donors (Lipinski definition) is 2. The van der Waals surface area contributed by atoms with Gasteiger partial charge in [0.15, 0.2) is 0 Å². The molecule has 0 bridgehead atoms. The van der Waals surface area contributed by atoms with Crippen LogP contribution < -0.4 is 11.1 Å². The summed E-state index contributed by atoms with van der Waals surface area (Å²) in [6.45, 7) is 8.50. The van der Waals surface area contributed by atoms with Gasteiger partial charge >= 0.3 is 0 Å². The quantitative estimate of drug-likeness (QED) is 0.881. The van der Waals surface area contributed by atoms with E-state index in [1.807, 2.05) is 6.92 Å². The van der Waals surface area contributed by atoms with E-state index in [9.17, 15) is 4.79 Å². The Morgan fingerprint density at radius 2 is 2.14 bits per heavy atom. The van der Waals surface area contributed by atoms with Crippen molar-refractivity contribution < 1.29 is 4.79 Å². The molecule has 0 atom stereocenters. The molecule has 7 nitrogen and oxygen atoms in total. The van der Waals surface area contributed by atoms with Crippen molar-refractivity contribution in [1.82, 2.24) is 20.0 Å². The summed E-state index contributed by atoms with van der Waals surface area (Å²) in [6.07, 6.45) is 0.849. The Balaban J connectivity index is 2.16. The van der Waals surface area contributed by atoms with E-state index in [0.717, 1.165) is 11.4 Å². The lowest BCUT2D eigenvalue weighted by molar-refractivity contribution is 0.101. The van der Waals surface area contributed by atoms with E-state index >= 15 is 0 Å². The molecule has 114 valence electrons. The minimum Gasteiger partial charge on any atom is -0.395 e. The second kappa shape index (κ2) is 6.21. The maximum Gasteiger partial charge on any atom is 0.277 e. The predicted molar refractivity (Wildman–Crippen MR) is 83.5 cm³/mol. The average Bonchev–Trinajstić information content (AvgIpc) is 2.94. The van der Waals surface area contributed by atoms with Gasteiger partial charge in [-0.3, -0.25) is 14.8 Å². The number of anilines is 2. The normalized spacial score (nSPS) is 11.1. The number of nitrogen functional groups attached to an aromatic ring is 1. The van der Waals surface area contributed by atoms with Crippen LogP contribution >= 0.6 is 11.3 Å². The van der Waals surface area contributed by atoms with Gasteiger partial charge in [0.2, 0.25) is 5.13 Å². The molecule has 1 amide bonds. The Bertz CT molecular complexity index is 645. The van der Waals surface area contributed by atoms with Crippen molar-refractivity contribution in [1.29, 1.82) is 0 Å². The number of aromatic nitrogens is 4. The molecule has 2 heterocycles. The van der Waals surface area contributed by atoms with Crippen LogP contribution in [0.15, 0.2) is 0 Å². The van der Waals surface area contributed by atoms with Gasteiger partial charge in [0.05, 0.1) is 11.4 Å². The Morgan fingerprint density at radius 3 is 2.76 bits per heavy atom. The number of carbonyl (C=O) groups excluding carboxylic acids is 1. The van der Waals surface area contributed by atoms with Crippen molar-refractivity contribution >= 4 is 28.1 Å². The van der Waals surface area contributed by atoms with Gasteiger partial charge in [-0.15, -0.1) is 10.2 Å². The molecule has 0 radical (unpaired) electrons. The second-order valence-corrected chi connectivity index (χ2v) is 6.28. The number of nitrogens with two attached hydrogens (primary N) is 1. The molecule has 0 saturated heterocycles. The molecular weight excluding hydrogens is 288 g/mol. The Labute approximate surface area is 127 Å². The van der Waals surface area contributed by atoms with Gasteiger partial charge in [-0.25, -0.2) is 0 Å². The van der Waals surface area contributed by atoms with E-state index in [4.69, 9.17) is 5.73 Å². The molecule has 2 aromatic heterocycles. The lowest BCUT2D eigenvalue weighted by Gasteiger charge is -2.04. The summed E-state index contributed by atoms with van der Waals surface area (Å²) >= 11 is 1.39. The summed E-state index contributed by atoms with van der Waals surface area (Å²) in [4.78, 5) is 12.3. The zero-order valence-corrected chi connectivity index (χ0v) is 13.5. The highest BCUT2D eigenvalue weighted by atomic mass is 32.1. The standard InChI is InChI=1S/C13H20N6OS/c1-5-19-11(10(14)8(4)18-19)12(20)15-13-17-16-9(21-13)6-7(2)3/h7H,5-6,14H2,1-4H3,(H,15,17,20). The molecule has 0 saturated carbocycles. The summed E-state index contributed by atoms with van der Waals surface area (Å²) in [5.74, 6) is 0.198. The highest BCUT2D eigenvalue weighted by Crippen LogP contribution is 2.21. The van der Waals surface area contributed by atoms with Gasteiger partial charge < -0.3 is 5.73 Å². The first-order valence-corrected chi connectivity index (χ1v) is 7.70. The van der Waals surface area contributed by atoms with Crippen molar-refractivity contribution in [2.24, 2.45) is 5.92 Å². The number of rotatable bonds is 5. The van der Waals surface area contributed by atoms with Gasteiger partial charge in [-0.2, -0.15) is 5.10 Å². The maximum absolute atomic E-state index is 12.3. The van der Waals surface area contributed by atoms with E-state index in [1.165, 1.54) is 11.3 Å². The molecule has 2 aromatic rings. The highest BCUT2D eigenvalue weighted by molar-refractivity contribution is 7.15. The summed E-state index contributed by atoms with van der Waals surface area (Å²) in [6, 6.07) is 0. The van der Waals surface area contributed by atoms with E-state index < -0.39 is 0 Å². The third-order valence-electron chi connectivity index (χ3n) is 2.96. The van der Waals surface area contributed by atoms with Gasteiger partial charge in [0.25, 0.3) is 5.91 Å². The fourth-order valence-corrected chi connectivity index (χ4v) is 2.90. The van der Waals surface area contributed by atoms with Crippen LogP contribution in [-0.4, -0.2) is 25.9 Å². The third-order valence-corrected chi connectivity index (χ3v) is 3.82. The minimum absolute atomic E-state index is 0.304. The zero-order valence-electron chi connectivity index (χ0n) is 12.7. The van der Waals surface area contributed by atoms with E-state index in [-0.39, 0.29) is 5.91 Å². The van der Waals surface area contributed by atoms with Crippen molar-refractivity contribution in [3.63, 3.8) is 0 Å². The molecule has 21 heavy (non-hydrogen) atoms. The number of hydrogen-bond acceptors (Lipinski definition) is 6. The van der Waals surface area contributed by atoms with Gasteiger partial charge in [0, 0.05) is 13.0 Å². The van der Waals surface area contributed by atoms with Gasteiger partial charge in [-0.05, 0) is 19.8 Å². The van der Waals surface area contributed by atoms with Crippen LogP contribution in [0.2, 0.25) is 0 Å². The third kappa shape index (κ3) is 3.38. The SMILES string of the molecule is CCn1nc(C)c(N)c1C(=O)Nc1nnc(CC(C)C)s1. The average molecular weight is 308 g/mol. The fourth-order valence-electron chi connectivity index (χ4n) is 1.96. The van der Waals surface area contributed by atoms with Crippen LogP contribution in [0.1, 0.15) is 42.0 Å². The largest absolute Gasteiger partial charge is 0.395 e. The second-order valence-electron chi connectivity index (χ2n) is 5.22. The number of nitrogens with zero attached hydrogens (tertiary/aromatic N) is 4. The van der Waals surface area contributed by atoms with Gasteiger partial charge in [-0.1, -0.05) is 25.2 Å². The molecule has 0 aromatic carbocycles. The van der Waals surface area contributed by atoms with Crippen LogP contribution in [-0.2, 0) is 13.0 Å². The smallest absolute Gasteiger partial charge is 0.277 e. The number of amides is 1. The summed E-state index contributed by atoms with van der Waals surface area (Å²) in [5.41, 5.74) is 7.36. The van der Waals surface area contributed by atoms with Crippen molar-refractivity contribution in [2.75, 3.05) is 11.1 Å². The molecule has 0 aliphatic heterocycles. The molecule has 0 unspecified atom stereocenters. The Morgan fingerprint density at radius 1 is 1.43 bits per heavy atom. The Hall–Kier alpha value is -1.96. The zero-order chi connectivity index (χ0) is 15.6. The first-order valence-electron chi connectivity index (χ1n) is 6.89. The van der Waals surface area contributed by atoms with E-state index in [0.29, 0.717) is 34.7 Å². The Kier molecular flexibility index (Phi) is 4.56. The van der Waals surface area contributed by atoms with Crippen LogP contribution in [0.3, 0.4) is 0 Å². The molecule has 0 spiro atoms. The van der Waals surface area contributed by atoms with Crippen molar-refractivity contribution in [2.45, 2.75) is 40.7 Å². The first-order chi connectivity index (χ1) is 9.92.